The van der Waals surface area contributed by atoms with Crippen LogP contribution in [-0.2, 0) is 6.54 Å². The lowest BCUT2D eigenvalue weighted by atomic mass is 10.5. The molecule has 0 aliphatic heterocycles. The van der Waals surface area contributed by atoms with Crippen LogP contribution in [0.25, 0.3) is 0 Å². The Bertz CT molecular complexity index is 288. The van der Waals surface area contributed by atoms with Crippen molar-refractivity contribution in [2.75, 3.05) is 6.54 Å². The SMILES string of the molecule is C=CCNCc1nncn1C1CC1. The van der Waals surface area contributed by atoms with Crippen LogP contribution >= 0.6 is 0 Å². The molecule has 0 unspecified atom stereocenters. The number of hydrogen-bond donors (Lipinski definition) is 1. The molecule has 0 bridgehead atoms. The fourth-order valence-electron chi connectivity index (χ4n) is 1.34. The van der Waals surface area contributed by atoms with Crippen LogP contribution in [0.1, 0.15) is 24.7 Å². The molecule has 4 heteroatoms. The lowest BCUT2D eigenvalue weighted by Gasteiger charge is -2.03. The van der Waals surface area contributed by atoms with E-state index in [4.69, 9.17) is 0 Å². The molecule has 1 aromatic rings. The highest BCUT2D eigenvalue weighted by Gasteiger charge is 2.25. The van der Waals surface area contributed by atoms with Gasteiger partial charge in [-0.1, -0.05) is 6.08 Å². The Labute approximate surface area is 77.7 Å². The molecule has 1 aliphatic carbocycles. The number of aromatic nitrogens is 3. The highest BCUT2D eigenvalue weighted by atomic mass is 15.3. The summed E-state index contributed by atoms with van der Waals surface area (Å²) in [5, 5.41) is 11.2. The highest BCUT2D eigenvalue weighted by Crippen LogP contribution is 2.35. The third-order valence-corrected chi connectivity index (χ3v) is 2.16. The molecule has 0 saturated heterocycles. The first-order valence-corrected chi connectivity index (χ1v) is 4.62. The van der Waals surface area contributed by atoms with Gasteiger partial charge in [0.15, 0.2) is 0 Å². The second-order valence-electron chi connectivity index (χ2n) is 3.31. The summed E-state index contributed by atoms with van der Waals surface area (Å²) in [6.07, 6.45) is 6.21. The van der Waals surface area contributed by atoms with Gasteiger partial charge in [-0.2, -0.15) is 0 Å². The second kappa shape index (κ2) is 3.70. The third kappa shape index (κ3) is 1.95. The molecule has 2 rings (SSSR count). The van der Waals surface area contributed by atoms with Crippen LogP contribution in [0.15, 0.2) is 19.0 Å². The molecule has 70 valence electrons. The van der Waals surface area contributed by atoms with E-state index in [2.05, 4.69) is 26.7 Å². The van der Waals surface area contributed by atoms with Crippen LogP contribution in [-0.4, -0.2) is 21.3 Å². The van der Waals surface area contributed by atoms with Crippen molar-refractivity contribution in [3.8, 4) is 0 Å². The number of nitrogens with one attached hydrogen (secondary N) is 1. The maximum atomic E-state index is 4.07. The van der Waals surface area contributed by atoms with E-state index in [-0.39, 0.29) is 0 Å². The maximum Gasteiger partial charge on any atom is 0.147 e. The molecule has 4 nitrogen and oxygen atoms in total. The van der Waals surface area contributed by atoms with Gasteiger partial charge in [0.2, 0.25) is 0 Å². The molecule has 1 N–H and O–H groups in total. The summed E-state index contributed by atoms with van der Waals surface area (Å²) in [4.78, 5) is 0. The lowest BCUT2D eigenvalue weighted by Crippen LogP contribution is -2.16. The Kier molecular flexibility index (Phi) is 2.40. The van der Waals surface area contributed by atoms with E-state index < -0.39 is 0 Å². The molecule has 1 fully saturated rings. The summed E-state index contributed by atoms with van der Waals surface area (Å²) in [6, 6.07) is 0.663. The summed E-state index contributed by atoms with van der Waals surface area (Å²) in [5.41, 5.74) is 0. The summed E-state index contributed by atoms with van der Waals surface area (Å²) in [5.74, 6) is 1.03. The Morgan fingerprint density at radius 3 is 3.23 bits per heavy atom. The third-order valence-electron chi connectivity index (χ3n) is 2.16. The van der Waals surface area contributed by atoms with Gasteiger partial charge in [0.25, 0.3) is 0 Å². The molecule has 1 saturated carbocycles. The van der Waals surface area contributed by atoms with Crippen molar-refractivity contribution in [1.82, 2.24) is 20.1 Å². The van der Waals surface area contributed by atoms with Crippen LogP contribution < -0.4 is 5.32 Å². The average Bonchev–Trinajstić information content (AvgIpc) is 2.88. The van der Waals surface area contributed by atoms with Crippen molar-refractivity contribution in [2.24, 2.45) is 0 Å². The van der Waals surface area contributed by atoms with Gasteiger partial charge in [0, 0.05) is 12.6 Å². The van der Waals surface area contributed by atoms with Crippen LogP contribution in [0.3, 0.4) is 0 Å². The first-order chi connectivity index (χ1) is 6.42. The second-order valence-corrected chi connectivity index (χ2v) is 3.31. The topological polar surface area (TPSA) is 42.7 Å². The standard InChI is InChI=1S/C9H14N4/c1-2-5-10-6-9-12-11-7-13(9)8-3-4-8/h2,7-8,10H,1,3-6H2. The summed E-state index contributed by atoms with van der Waals surface area (Å²) >= 11 is 0. The molecule has 0 atom stereocenters. The van der Waals surface area contributed by atoms with Crippen molar-refractivity contribution >= 4 is 0 Å². The minimum Gasteiger partial charge on any atom is -0.313 e. The molecule has 13 heavy (non-hydrogen) atoms. The molecule has 0 aromatic carbocycles. The van der Waals surface area contributed by atoms with E-state index in [1.54, 1.807) is 0 Å². The van der Waals surface area contributed by atoms with Crippen LogP contribution in [0.5, 0.6) is 0 Å². The monoisotopic (exact) mass is 178 g/mol. The minimum absolute atomic E-state index is 0.663. The van der Waals surface area contributed by atoms with Gasteiger partial charge >= 0.3 is 0 Å². The Morgan fingerprint density at radius 1 is 1.69 bits per heavy atom. The average molecular weight is 178 g/mol. The van der Waals surface area contributed by atoms with Gasteiger partial charge in [0.1, 0.15) is 12.2 Å². The van der Waals surface area contributed by atoms with Crippen LogP contribution in [0.4, 0.5) is 0 Å². The van der Waals surface area contributed by atoms with Crippen molar-refractivity contribution in [2.45, 2.75) is 25.4 Å². The molecule has 1 heterocycles. The highest BCUT2D eigenvalue weighted by molar-refractivity contribution is 4.94. The summed E-state index contributed by atoms with van der Waals surface area (Å²) in [7, 11) is 0. The molecule has 1 aliphatic rings. The zero-order valence-electron chi connectivity index (χ0n) is 7.61. The predicted molar refractivity (Wildman–Crippen MR) is 50.2 cm³/mol. The van der Waals surface area contributed by atoms with Gasteiger partial charge < -0.3 is 9.88 Å². The van der Waals surface area contributed by atoms with E-state index in [0.29, 0.717) is 6.04 Å². The zero-order chi connectivity index (χ0) is 9.10. The Hall–Kier alpha value is -1.16. The Morgan fingerprint density at radius 2 is 2.54 bits per heavy atom. The van der Waals surface area contributed by atoms with E-state index in [1.165, 1.54) is 12.8 Å². The largest absolute Gasteiger partial charge is 0.313 e. The Balaban J connectivity index is 1.94. The van der Waals surface area contributed by atoms with Gasteiger partial charge in [-0.15, -0.1) is 16.8 Å². The van der Waals surface area contributed by atoms with Gasteiger partial charge in [-0.05, 0) is 12.8 Å². The summed E-state index contributed by atoms with van der Waals surface area (Å²) in [6.45, 7) is 5.24. The van der Waals surface area contributed by atoms with Gasteiger partial charge in [-0.3, -0.25) is 0 Å². The lowest BCUT2D eigenvalue weighted by molar-refractivity contribution is 0.630. The fraction of sp³-hybridized carbons (Fsp3) is 0.556. The fourth-order valence-corrected chi connectivity index (χ4v) is 1.34. The first-order valence-electron chi connectivity index (χ1n) is 4.62. The van der Waals surface area contributed by atoms with E-state index >= 15 is 0 Å². The number of nitrogens with zero attached hydrogens (tertiary/aromatic N) is 3. The molecule has 0 radical (unpaired) electrons. The van der Waals surface area contributed by atoms with Gasteiger partial charge in [-0.25, -0.2) is 0 Å². The number of rotatable bonds is 5. The van der Waals surface area contributed by atoms with E-state index in [1.807, 2.05) is 12.4 Å². The molecule has 0 spiro atoms. The van der Waals surface area contributed by atoms with Gasteiger partial charge in [0.05, 0.1) is 6.54 Å². The first kappa shape index (κ1) is 8.44. The molecule has 1 aromatic heterocycles. The molecular formula is C9H14N4. The van der Waals surface area contributed by atoms with Crippen molar-refractivity contribution in [3.05, 3.63) is 24.8 Å². The maximum absolute atomic E-state index is 4.07. The predicted octanol–water partition coefficient (Wildman–Crippen LogP) is 0.889. The summed E-state index contributed by atoms with van der Waals surface area (Å²) < 4.78 is 2.16. The number of hydrogen-bond acceptors (Lipinski definition) is 3. The normalized spacial score (nSPS) is 16.0. The minimum atomic E-state index is 0.663. The zero-order valence-corrected chi connectivity index (χ0v) is 7.61. The quantitative estimate of drug-likeness (QED) is 0.538. The van der Waals surface area contributed by atoms with Crippen molar-refractivity contribution in [3.63, 3.8) is 0 Å². The van der Waals surface area contributed by atoms with E-state index in [0.717, 1.165) is 18.9 Å². The van der Waals surface area contributed by atoms with E-state index in [9.17, 15) is 0 Å². The van der Waals surface area contributed by atoms with Crippen molar-refractivity contribution in [1.29, 1.82) is 0 Å². The van der Waals surface area contributed by atoms with Crippen molar-refractivity contribution < 1.29 is 0 Å². The van der Waals surface area contributed by atoms with Crippen LogP contribution in [0, 0.1) is 0 Å². The molecule has 0 amide bonds. The molecular weight excluding hydrogens is 164 g/mol. The smallest absolute Gasteiger partial charge is 0.147 e. The van der Waals surface area contributed by atoms with Crippen LogP contribution in [0.2, 0.25) is 0 Å².